The zero-order chi connectivity index (χ0) is 15.9. The number of piperidine rings is 1. The van der Waals surface area contributed by atoms with Crippen molar-refractivity contribution >= 4 is 17.5 Å². The molecule has 1 N–H and O–H groups in total. The minimum atomic E-state index is -0.949. The molecule has 0 radical (unpaired) electrons. The summed E-state index contributed by atoms with van der Waals surface area (Å²) in [5.74, 6) is -1.23. The Kier molecular flexibility index (Phi) is 3.56. The van der Waals surface area contributed by atoms with Gasteiger partial charge in [0.15, 0.2) is 5.65 Å². The maximum atomic E-state index is 12.8. The van der Waals surface area contributed by atoms with Gasteiger partial charge in [-0.2, -0.15) is 5.10 Å². The fourth-order valence-electron chi connectivity index (χ4n) is 2.96. The number of hydrogen-bond acceptors (Lipinski definition) is 4. The Bertz CT molecular complexity index is 753. The van der Waals surface area contributed by atoms with Crippen LogP contribution in [0.3, 0.4) is 0 Å². The van der Waals surface area contributed by atoms with Gasteiger partial charge in [-0.3, -0.25) is 4.79 Å². The number of hydrogen-bond donors (Lipinski definition) is 1. The lowest BCUT2D eigenvalue weighted by Crippen LogP contribution is -2.48. The van der Waals surface area contributed by atoms with Crippen LogP contribution >= 0.6 is 0 Å². The van der Waals surface area contributed by atoms with E-state index in [1.807, 2.05) is 13.0 Å². The molecule has 0 saturated carbocycles. The average Bonchev–Trinajstić information content (AvgIpc) is 2.88. The van der Waals surface area contributed by atoms with E-state index in [1.54, 1.807) is 11.4 Å². The Morgan fingerprint density at radius 2 is 2.09 bits per heavy atom. The largest absolute Gasteiger partial charge is 0.480 e. The molecule has 1 saturated heterocycles. The van der Waals surface area contributed by atoms with Gasteiger partial charge in [-0.25, -0.2) is 14.3 Å². The van der Waals surface area contributed by atoms with Gasteiger partial charge in [0.1, 0.15) is 6.04 Å². The van der Waals surface area contributed by atoms with E-state index in [-0.39, 0.29) is 5.91 Å². The van der Waals surface area contributed by atoms with Gasteiger partial charge in [-0.05, 0) is 33.1 Å². The summed E-state index contributed by atoms with van der Waals surface area (Å²) in [6.45, 7) is 4.13. The first-order valence-electron chi connectivity index (χ1n) is 7.35. The van der Waals surface area contributed by atoms with E-state index in [9.17, 15) is 14.7 Å². The average molecular weight is 302 g/mol. The van der Waals surface area contributed by atoms with Gasteiger partial charge in [0.25, 0.3) is 5.91 Å². The van der Waals surface area contributed by atoms with Gasteiger partial charge in [0.2, 0.25) is 0 Å². The van der Waals surface area contributed by atoms with E-state index in [0.29, 0.717) is 29.9 Å². The number of carbonyl (C=O) groups excluding carboxylic acids is 1. The number of carboxylic acid groups (broad SMARTS) is 1. The van der Waals surface area contributed by atoms with Crippen LogP contribution in [0.5, 0.6) is 0 Å². The summed E-state index contributed by atoms with van der Waals surface area (Å²) in [5, 5.41) is 13.6. The molecule has 116 valence electrons. The Labute approximate surface area is 127 Å². The topological polar surface area (TPSA) is 87.8 Å². The molecule has 22 heavy (non-hydrogen) atoms. The minimum Gasteiger partial charge on any atom is -0.480 e. The Balaban J connectivity index is 2.00. The monoisotopic (exact) mass is 302 g/mol. The zero-order valence-corrected chi connectivity index (χ0v) is 12.6. The summed E-state index contributed by atoms with van der Waals surface area (Å²) in [6, 6.07) is 1.08. The van der Waals surface area contributed by atoms with E-state index >= 15 is 0 Å². The molecule has 3 rings (SSSR count). The molecule has 1 fully saturated rings. The third-order valence-electron chi connectivity index (χ3n) is 4.13. The third-order valence-corrected chi connectivity index (χ3v) is 4.13. The first-order valence-corrected chi connectivity index (χ1v) is 7.35. The summed E-state index contributed by atoms with van der Waals surface area (Å²) >= 11 is 0. The highest BCUT2D eigenvalue weighted by Crippen LogP contribution is 2.21. The van der Waals surface area contributed by atoms with E-state index < -0.39 is 12.0 Å². The van der Waals surface area contributed by atoms with Crippen molar-refractivity contribution < 1.29 is 14.7 Å². The quantitative estimate of drug-likeness (QED) is 0.906. The SMILES string of the molecule is Cc1cc2ncc(C(=O)N3CCCCC3C(=O)O)c(C)n2n1. The molecule has 0 bridgehead atoms. The second-order valence-corrected chi connectivity index (χ2v) is 5.66. The van der Waals surface area contributed by atoms with Gasteiger partial charge in [0, 0.05) is 18.8 Å². The van der Waals surface area contributed by atoms with Crippen LogP contribution in [0.2, 0.25) is 0 Å². The van der Waals surface area contributed by atoms with Crippen molar-refractivity contribution in [3.05, 3.63) is 29.2 Å². The fraction of sp³-hybridized carbons (Fsp3) is 0.467. The van der Waals surface area contributed by atoms with Gasteiger partial charge >= 0.3 is 5.97 Å². The van der Waals surface area contributed by atoms with E-state index in [1.165, 1.54) is 11.1 Å². The highest BCUT2D eigenvalue weighted by atomic mass is 16.4. The lowest BCUT2D eigenvalue weighted by molar-refractivity contribution is -0.143. The van der Waals surface area contributed by atoms with Crippen LogP contribution < -0.4 is 0 Å². The van der Waals surface area contributed by atoms with Crippen molar-refractivity contribution in [3.8, 4) is 0 Å². The molecule has 1 aliphatic heterocycles. The number of aryl methyl sites for hydroxylation is 2. The van der Waals surface area contributed by atoms with Crippen molar-refractivity contribution in [1.82, 2.24) is 19.5 Å². The van der Waals surface area contributed by atoms with Crippen LogP contribution in [-0.2, 0) is 4.79 Å². The standard InChI is InChI=1S/C15H18N4O3/c1-9-7-13-16-8-11(10(2)19(13)17-9)14(20)18-6-4-3-5-12(18)15(21)22/h7-8,12H,3-6H2,1-2H3,(H,21,22). The molecule has 1 atom stereocenters. The summed E-state index contributed by atoms with van der Waals surface area (Å²) in [4.78, 5) is 29.8. The van der Waals surface area contributed by atoms with Crippen LogP contribution in [-0.4, -0.2) is 49.1 Å². The van der Waals surface area contributed by atoms with E-state index in [2.05, 4.69) is 10.1 Å². The summed E-state index contributed by atoms with van der Waals surface area (Å²) in [5.41, 5.74) is 2.59. The molecule has 0 aromatic carbocycles. The van der Waals surface area contributed by atoms with Crippen LogP contribution in [0.25, 0.3) is 5.65 Å². The summed E-state index contributed by atoms with van der Waals surface area (Å²) < 4.78 is 1.63. The number of likely N-dealkylation sites (tertiary alicyclic amines) is 1. The number of aliphatic carboxylic acids is 1. The van der Waals surface area contributed by atoms with Crippen molar-refractivity contribution in [3.63, 3.8) is 0 Å². The van der Waals surface area contributed by atoms with Crippen molar-refractivity contribution in [2.45, 2.75) is 39.2 Å². The van der Waals surface area contributed by atoms with Gasteiger partial charge in [0.05, 0.1) is 17.0 Å². The molecule has 0 spiro atoms. The van der Waals surface area contributed by atoms with Gasteiger partial charge < -0.3 is 10.0 Å². The zero-order valence-electron chi connectivity index (χ0n) is 12.6. The number of amides is 1. The van der Waals surface area contributed by atoms with Crippen LogP contribution in [0.4, 0.5) is 0 Å². The third kappa shape index (κ3) is 2.32. The minimum absolute atomic E-state index is 0.285. The van der Waals surface area contributed by atoms with Crippen molar-refractivity contribution in [1.29, 1.82) is 0 Å². The number of nitrogens with zero attached hydrogens (tertiary/aromatic N) is 4. The van der Waals surface area contributed by atoms with Crippen molar-refractivity contribution in [2.75, 3.05) is 6.54 Å². The highest BCUT2D eigenvalue weighted by Gasteiger charge is 2.33. The fourth-order valence-corrected chi connectivity index (χ4v) is 2.96. The van der Waals surface area contributed by atoms with E-state index in [0.717, 1.165) is 18.5 Å². The molecular formula is C15H18N4O3. The molecule has 7 heteroatoms. The molecular weight excluding hydrogens is 284 g/mol. The van der Waals surface area contributed by atoms with Crippen LogP contribution in [0.15, 0.2) is 12.3 Å². The molecule has 3 heterocycles. The molecule has 1 amide bonds. The molecule has 2 aromatic heterocycles. The van der Waals surface area contributed by atoms with Crippen LogP contribution in [0, 0.1) is 13.8 Å². The molecule has 7 nitrogen and oxygen atoms in total. The molecule has 0 aliphatic carbocycles. The van der Waals surface area contributed by atoms with Crippen LogP contribution in [0.1, 0.15) is 41.0 Å². The molecule has 1 unspecified atom stereocenters. The molecule has 2 aromatic rings. The lowest BCUT2D eigenvalue weighted by atomic mass is 10.0. The summed E-state index contributed by atoms with van der Waals surface area (Å²) in [7, 11) is 0. The number of carboxylic acids is 1. The highest BCUT2D eigenvalue weighted by molar-refractivity contribution is 5.97. The Hall–Kier alpha value is -2.44. The lowest BCUT2D eigenvalue weighted by Gasteiger charge is -2.33. The second kappa shape index (κ2) is 5.40. The van der Waals surface area contributed by atoms with Gasteiger partial charge in [-0.1, -0.05) is 0 Å². The van der Waals surface area contributed by atoms with E-state index in [4.69, 9.17) is 0 Å². The maximum absolute atomic E-state index is 12.8. The number of fused-ring (bicyclic) bond motifs is 1. The second-order valence-electron chi connectivity index (χ2n) is 5.66. The Morgan fingerprint density at radius 3 is 2.82 bits per heavy atom. The summed E-state index contributed by atoms with van der Waals surface area (Å²) in [6.07, 6.45) is 3.67. The number of carbonyl (C=O) groups is 2. The normalized spacial score (nSPS) is 18.6. The smallest absolute Gasteiger partial charge is 0.326 e. The number of rotatable bonds is 2. The Morgan fingerprint density at radius 1 is 1.32 bits per heavy atom. The first-order chi connectivity index (χ1) is 10.5. The first kappa shape index (κ1) is 14.5. The predicted molar refractivity (Wildman–Crippen MR) is 78.8 cm³/mol. The van der Waals surface area contributed by atoms with Crippen molar-refractivity contribution in [2.24, 2.45) is 0 Å². The predicted octanol–water partition coefficient (Wildman–Crippen LogP) is 1.43. The number of aromatic nitrogens is 3. The molecule has 1 aliphatic rings. The van der Waals surface area contributed by atoms with Gasteiger partial charge in [-0.15, -0.1) is 0 Å². The maximum Gasteiger partial charge on any atom is 0.326 e.